The highest BCUT2D eigenvalue weighted by Gasteiger charge is 2.20. The minimum Gasteiger partial charge on any atom is -0.472 e. The molecule has 4 heterocycles. The standard InChI is InChI=1S/C20H26N6O4/c27-17(24-28)5-3-1-2-4-7-26-20-16(13-21-26)19(25-8-11-29-12-9-25)22-18(23-20)15-6-10-30-14-15/h6,10,13-14,28H,1-5,7-9,11-12H2,(H,24,27). The van der Waals surface area contributed by atoms with Gasteiger partial charge in [-0.2, -0.15) is 5.10 Å². The first-order valence-corrected chi connectivity index (χ1v) is 10.3. The lowest BCUT2D eigenvalue weighted by atomic mass is 10.1. The van der Waals surface area contributed by atoms with Crippen molar-refractivity contribution in [1.82, 2.24) is 25.2 Å². The predicted molar refractivity (Wildman–Crippen MR) is 109 cm³/mol. The molecule has 1 saturated heterocycles. The maximum atomic E-state index is 11.1. The Kier molecular flexibility index (Phi) is 6.55. The Morgan fingerprint density at radius 3 is 2.77 bits per heavy atom. The molecule has 1 aliphatic rings. The molecule has 3 aromatic rings. The van der Waals surface area contributed by atoms with Gasteiger partial charge in [-0.25, -0.2) is 20.1 Å². The van der Waals surface area contributed by atoms with E-state index in [1.807, 2.05) is 16.9 Å². The van der Waals surface area contributed by atoms with Crippen molar-refractivity contribution in [3.8, 4) is 11.4 Å². The van der Waals surface area contributed by atoms with Gasteiger partial charge in [0.25, 0.3) is 0 Å². The molecule has 0 aromatic carbocycles. The van der Waals surface area contributed by atoms with Crippen molar-refractivity contribution >= 4 is 22.8 Å². The van der Waals surface area contributed by atoms with Crippen molar-refractivity contribution < 1.29 is 19.2 Å². The number of hydroxylamine groups is 1. The van der Waals surface area contributed by atoms with Crippen molar-refractivity contribution in [3.63, 3.8) is 0 Å². The normalized spacial score (nSPS) is 14.4. The van der Waals surface area contributed by atoms with E-state index in [1.54, 1.807) is 18.0 Å². The molecule has 1 aliphatic heterocycles. The van der Waals surface area contributed by atoms with E-state index in [4.69, 9.17) is 24.3 Å². The summed E-state index contributed by atoms with van der Waals surface area (Å²) in [5.74, 6) is 1.16. The zero-order valence-corrected chi connectivity index (χ0v) is 16.8. The third kappa shape index (κ3) is 4.60. The first kappa shape index (κ1) is 20.3. The van der Waals surface area contributed by atoms with E-state index >= 15 is 0 Å². The van der Waals surface area contributed by atoms with E-state index in [1.165, 1.54) is 0 Å². The van der Waals surface area contributed by atoms with Gasteiger partial charge in [0.2, 0.25) is 5.91 Å². The summed E-state index contributed by atoms with van der Waals surface area (Å²) >= 11 is 0. The quantitative estimate of drug-likeness (QED) is 0.311. The van der Waals surface area contributed by atoms with Crippen LogP contribution in [0, 0.1) is 0 Å². The number of nitrogens with zero attached hydrogens (tertiary/aromatic N) is 5. The van der Waals surface area contributed by atoms with E-state index < -0.39 is 0 Å². The average Bonchev–Trinajstić information content (AvgIpc) is 3.46. The van der Waals surface area contributed by atoms with Gasteiger partial charge in [-0.1, -0.05) is 12.8 Å². The number of aryl methyl sites for hydroxylation is 1. The number of nitrogens with one attached hydrogen (secondary N) is 1. The molecule has 1 fully saturated rings. The van der Waals surface area contributed by atoms with Gasteiger partial charge < -0.3 is 14.1 Å². The minimum atomic E-state index is -0.341. The molecular weight excluding hydrogens is 388 g/mol. The summed E-state index contributed by atoms with van der Waals surface area (Å²) in [5, 5.41) is 14.0. The smallest absolute Gasteiger partial charge is 0.243 e. The average molecular weight is 414 g/mol. The first-order chi connectivity index (χ1) is 14.8. The second kappa shape index (κ2) is 9.68. The molecule has 0 radical (unpaired) electrons. The number of carbonyl (C=O) groups is 1. The molecule has 0 saturated carbocycles. The second-order valence-electron chi connectivity index (χ2n) is 7.29. The van der Waals surface area contributed by atoms with Gasteiger partial charge in [0.15, 0.2) is 11.5 Å². The van der Waals surface area contributed by atoms with E-state index in [9.17, 15) is 4.79 Å². The monoisotopic (exact) mass is 414 g/mol. The van der Waals surface area contributed by atoms with Crippen LogP contribution in [0.25, 0.3) is 22.4 Å². The van der Waals surface area contributed by atoms with Gasteiger partial charge in [-0.15, -0.1) is 0 Å². The van der Waals surface area contributed by atoms with Crippen molar-refractivity contribution in [2.24, 2.45) is 0 Å². The summed E-state index contributed by atoms with van der Waals surface area (Å²) in [6, 6.07) is 1.85. The van der Waals surface area contributed by atoms with E-state index in [-0.39, 0.29) is 5.91 Å². The molecule has 2 N–H and O–H groups in total. The molecule has 0 aliphatic carbocycles. The lowest BCUT2D eigenvalue weighted by Gasteiger charge is -2.28. The van der Waals surface area contributed by atoms with Crippen LogP contribution >= 0.6 is 0 Å². The Balaban J connectivity index is 1.51. The lowest BCUT2D eigenvalue weighted by molar-refractivity contribution is -0.129. The zero-order chi connectivity index (χ0) is 20.8. The predicted octanol–water partition coefficient (Wildman–Crippen LogP) is 2.38. The fraction of sp³-hybridized carbons (Fsp3) is 0.500. The third-order valence-electron chi connectivity index (χ3n) is 5.21. The molecular formula is C20H26N6O4. The largest absolute Gasteiger partial charge is 0.472 e. The number of fused-ring (bicyclic) bond motifs is 1. The Bertz CT molecular complexity index is 965. The van der Waals surface area contributed by atoms with Crippen LogP contribution in [-0.2, 0) is 16.1 Å². The molecule has 0 atom stereocenters. The summed E-state index contributed by atoms with van der Waals surface area (Å²) in [4.78, 5) is 22.9. The maximum Gasteiger partial charge on any atom is 0.243 e. The van der Waals surface area contributed by atoms with Crippen molar-refractivity contribution in [3.05, 3.63) is 24.8 Å². The van der Waals surface area contributed by atoms with Crippen LogP contribution < -0.4 is 10.4 Å². The second-order valence-corrected chi connectivity index (χ2v) is 7.29. The molecule has 3 aromatic heterocycles. The summed E-state index contributed by atoms with van der Waals surface area (Å²) in [6.45, 7) is 3.65. The molecule has 10 nitrogen and oxygen atoms in total. The topological polar surface area (TPSA) is 119 Å². The Morgan fingerprint density at radius 2 is 2.00 bits per heavy atom. The summed E-state index contributed by atoms with van der Waals surface area (Å²) in [5.41, 5.74) is 3.30. The van der Waals surface area contributed by atoms with Crippen LogP contribution in [0.4, 0.5) is 5.82 Å². The molecule has 30 heavy (non-hydrogen) atoms. The highest BCUT2D eigenvalue weighted by Crippen LogP contribution is 2.28. The molecule has 0 unspecified atom stereocenters. The number of unbranched alkanes of at least 4 members (excludes halogenated alkanes) is 3. The molecule has 0 bridgehead atoms. The van der Waals surface area contributed by atoms with Crippen LogP contribution in [0.5, 0.6) is 0 Å². The van der Waals surface area contributed by atoms with Crippen LogP contribution in [0.15, 0.2) is 29.2 Å². The van der Waals surface area contributed by atoms with E-state index in [2.05, 4.69) is 10.00 Å². The Labute approximate surface area is 173 Å². The Hall–Kier alpha value is -2.98. The summed E-state index contributed by atoms with van der Waals surface area (Å²) < 4.78 is 12.6. The summed E-state index contributed by atoms with van der Waals surface area (Å²) in [6.07, 6.45) is 9.00. The van der Waals surface area contributed by atoms with Crippen LogP contribution in [-0.4, -0.2) is 57.2 Å². The number of hydrogen-bond acceptors (Lipinski definition) is 8. The van der Waals surface area contributed by atoms with Crippen molar-refractivity contribution in [1.29, 1.82) is 0 Å². The number of morpholine rings is 1. The summed E-state index contributed by atoms with van der Waals surface area (Å²) in [7, 11) is 0. The number of ether oxygens (including phenoxy) is 1. The van der Waals surface area contributed by atoms with Crippen LogP contribution in [0.2, 0.25) is 0 Å². The number of aromatic nitrogens is 4. The number of hydrogen-bond donors (Lipinski definition) is 2. The Morgan fingerprint density at radius 1 is 1.17 bits per heavy atom. The fourth-order valence-corrected chi connectivity index (χ4v) is 3.60. The van der Waals surface area contributed by atoms with Crippen molar-refractivity contribution in [2.75, 3.05) is 31.2 Å². The molecule has 4 rings (SSSR count). The van der Waals surface area contributed by atoms with Gasteiger partial charge in [0.1, 0.15) is 12.1 Å². The van der Waals surface area contributed by atoms with Crippen LogP contribution in [0.1, 0.15) is 32.1 Å². The number of anilines is 1. The van der Waals surface area contributed by atoms with Gasteiger partial charge >= 0.3 is 0 Å². The molecule has 0 spiro atoms. The van der Waals surface area contributed by atoms with Gasteiger partial charge in [0.05, 0.1) is 36.6 Å². The van der Waals surface area contributed by atoms with Gasteiger partial charge in [-0.05, 0) is 18.9 Å². The maximum absolute atomic E-state index is 11.1. The van der Waals surface area contributed by atoms with Gasteiger partial charge in [-0.3, -0.25) is 10.0 Å². The number of carbonyl (C=O) groups excluding carboxylic acids is 1. The molecule has 10 heteroatoms. The van der Waals surface area contributed by atoms with E-state index in [0.717, 1.165) is 67.7 Å². The van der Waals surface area contributed by atoms with Crippen LogP contribution in [0.3, 0.4) is 0 Å². The number of rotatable bonds is 9. The van der Waals surface area contributed by atoms with Crippen molar-refractivity contribution in [2.45, 2.75) is 38.6 Å². The number of furan rings is 1. The van der Waals surface area contributed by atoms with E-state index in [0.29, 0.717) is 25.5 Å². The minimum absolute atomic E-state index is 0.339. The molecule has 160 valence electrons. The van der Waals surface area contributed by atoms with Gasteiger partial charge in [0, 0.05) is 26.1 Å². The highest BCUT2D eigenvalue weighted by molar-refractivity contribution is 5.88. The fourth-order valence-electron chi connectivity index (χ4n) is 3.60. The highest BCUT2D eigenvalue weighted by atomic mass is 16.5. The third-order valence-corrected chi connectivity index (χ3v) is 5.21. The zero-order valence-electron chi connectivity index (χ0n) is 16.8. The lowest BCUT2D eigenvalue weighted by Crippen LogP contribution is -2.37. The SMILES string of the molecule is O=C(CCCCCCn1ncc2c(N3CCOCC3)nc(-c3ccoc3)nc21)NO. The first-order valence-electron chi connectivity index (χ1n) is 10.3. The number of amides is 1. The molecule has 1 amide bonds.